The van der Waals surface area contributed by atoms with Crippen LogP contribution >= 0.6 is 0 Å². The zero-order chi connectivity index (χ0) is 22.8. The lowest BCUT2D eigenvalue weighted by atomic mass is 9.88. The molecule has 1 amide bonds. The first-order chi connectivity index (χ1) is 15.2. The summed E-state index contributed by atoms with van der Waals surface area (Å²) in [5, 5.41) is 2.77. The Morgan fingerprint density at radius 1 is 1.06 bits per heavy atom. The van der Waals surface area contributed by atoms with Crippen molar-refractivity contribution in [3.8, 4) is 0 Å². The largest absolute Gasteiger partial charge is 0.416 e. The van der Waals surface area contributed by atoms with Gasteiger partial charge in [0.25, 0.3) is 5.91 Å². The number of amides is 1. The van der Waals surface area contributed by atoms with E-state index in [2.05, 4.69) is 10.2 Å². The molecule has 172 valence electrons. The van der Waals surface area contributed by atoms with Crippen LogP contribution in [0.15, 0.2) is 48.5 Å². The fraction of sp³-hybridized carbons (Fsp3) is 0.458. The number of nitrogens with zero attached hydrogens (tertiary/aromatic N) is 1. The SMILES string of the molecule is O=C(NCC1CCC2(CCN(Cc3ccccc3F)CC2)O1)c1ccc(C(F)(F)F)cc1. The lowest BCUT2D eigenvalue weighted by Gasteiger charge is -2.39. The van der Waals surface area contributed by atoms with Crippen LogP contribution in [0.25, 0.3) is 0 Å². The van der Waals surface area contributed by atoms with Crippen molar-refractivity contribution < 1.29 is 27.1 Å². The molecule has 2 saturated heterocycles. The highest BCUT2D eigenvalue weighted by molar-refractivity contribution is 5.94. The van der Waals surface area contributed by atoms with E-state index in [0.29, 0.717) is 18.7 Å². The molecule has 1 spiro atoms. The molecule has 0 aliphatic carbocycles. The smallest absolute Gasteiger partial charge is 0.370 e. The maximum absolute atomic E-state index is 13.9. The molecule has 0 saturated carbocycles. The molecular weight excluding hydrogens is 424 g/mol. The predicted octanol–water partition coefficient (Wildman–Crippen LogP) is 4.79. The molecule has 2 aromatic carbocycles. The minimum absolute atomic E-state index is 0.119. The number of hydrogen-bond acceptors (Lipinski definition) is 3. The Labute approximate surface area is 184 Å². The molecule has 4 rings (SSSR count). The molecule has 4 nitrogen and oxygen atoms in total. The summed E-state index contributed by atoms with van der Waals surface area (Å²) in [7, 11) is 0. The fourth-order valence-corrected chi connectivity index (χ4v) is 4.51. The van der Waals surface area contributed by atoms with Crippen molar-refractivity contribution in [2.24, 2.45) is 0 Å². The first-order valence-electron chi connectivity index (χ1n) is 10.8. The van der Waals surface area contributed by atoms with E-state index in [-0.39, 0.29) is 23.1 Å². The number of nitrogens with one attached hydrogen (secondary N) is 1. The normalized spacial score (nSPS) is 21.1. The zero-order valence-electron chi connectivity index (χ0n) is 17.6. The maximum atomic E-state index is 13.9. The van der Waals surface area contributed by atoms with Gasteiger partial charge in [0.15, 0.2) is 0 Å². The average molecular weight is 450 g/mol. The van der Waals surface area contributed by atoms with Crippen molar-refractivity contribution >= 4 is 5.91 Å². The lowest BCUT2D eigenvalue weighted by molar-refractivity contribution is -0.137. The Hall–Kier alpha value is -2.45. The van der Waals surface area contributed by atoms with Gasteiger partial charge < -0.3 is 10.1 Å². The van der Waals surface area contributed by atoms with Crippen LogP contribution in [-0.2, 0) is 17.5 Å². The van der Waals surface area contributed by atoms with E-state index in [1.165, 1.54) is 18.2 Å². The highest BCUT2D eigenvalue weighted by atomic mass is 19.4. The summed E-state index contributed by atoms with van der Waals surface area (Å²) in [6.45, 7) is 2.54. The van der Waals surface area contributed by atoms with Crippen LogP contribution < -0.4 is 5.32 Å². The van der Waals surface area contributed by atoms with Crippen molar-refractivity contribution in [2.45, 2.75) is 50.1 Å². The molecule has 1 atom stereocenters. The van der Waals surface area contributed by atoms with Gasteiger partial charge in [-0.15, -0.1) is 0 Å². The van der Waals surface area contributed by atoms with Gasteiger partial charge in [0.1, 0.15) is 5.82 Å². The number of benzene rings is 2. The summed E-state index contributed by atoms with van der Waals surface area (Å²) >= 11 is 0. The monoisotopic (exact) mass is 450 g/mol. The van der Waals surface area contributed by atoms with Crippen molar-refractivity contribution in [2.75, 3.05) is 19.6 Å². The lowest BCUT2D eigenvalue weighted by Crippen LogP contribution is -2.45. The van der Waals surface area contributed by atoms with Gasteiger partial charge in [0.05, 0.1) is 17.3 Å². The van der Waals surface area contributed by atoms with Crippen LogP contribution in [-0.4, -0.2) is 42.1 Å². The molecule has 1 N–H and O–H groups in total. The van der Waals surface area contributed by atoms with E-state index in [1.807, 2.05) is 6.07 Å². The Kier molecular flexibility index (Phi) is 6.53. The minimum atomic E-state index is -4.42. The number of piperidine rings is 1. The van der Waals surface area contributed by atoms with E-state index < -0.39 is 17.6 Å². The molecule has 2 fully saturated rings. The highest BCUT2D eigenvalue weighted by Crippen LogP contribution is 2.39. The van der Waals surface area contributed by atoms with Crippen molar-refractivity contribution in [1.29, 1.82) is 0 Å². The highest BCUT2D eigenvalue weighted by Gasteiger charge is 2.42. The second-order valence-corrected chi connectivity index (χ2v) is 8.61. The van der Waals surface area contributed by atoms with Gasteiger partial charge in [-0.3, -0.25) is 9.69 Å². The zero-order valence-corrected chi connectivity index (χ0v) is 17.6. The Balaban J connectivity index is 1.23. The summed E-state index contributed by atoms with van der Waals surface area (Å²) in [6, 6.07) is 11.0. The number of likely N-dealkylation sites (tertiary alicyclic amines) is 1. The number of hydrogen-bond donors (Lipinski definition) is 1. The molecule has 2 aliphatic heterocycles. The number of carbonyl (C=O) groups excluding carboxylic acids is 1. The predicted molar refractivity (Wildman–Crippen MR) is 112 cm³/mol. The number of alkyl halides is 3. The van der Waals surface area contributed by atoms with Crippen molar-refractivity contribution in [1.82, 2.24) is 10.2 Å². The number of ether oxygens (including phenoxy) is 1. The summed E-state index contributed by atoms with van der Waals surface area (Å²) < 4.78 is 58.2. The third-order valence-electron chi connectivity index (χ3n) is 6.42. The third-order valence-corrected chi connectivity index (χ3v) is 6.42. The molecule has 0 aromatic heterocycles. The Morgan fingerprint density at radius 2 is 1.75 bits per heavy atom. The van der Waals surface area contributed by atoms with E-state index in [0.717, 1.165) is 50.9 Å². The van der Waals surface area contributed by atoms with Gasteiger partial charge in [-0.2, -0.15) is 13.2 Å². The Morgan fingerprint density at radius 3 is 2.41 bits per heavy atom. The second-order valence-electron chi connectivity index (χ2n) is 8.61. The first-order valence-corrected chi connectivity index (χ1v) is 10.8. The van der Waals surface area contributed by atoms with Gasteiger partial charge in [0.2, 0.25) is 0 Å². The summed E-state index contributed by atoms with van der Waals surface area (Å²) in [5.41, 5.74) is -0.113. The van der Waals surface area contributed by atoms with Crippen LogP contribution in [0.5, 0.6) is 0 Å². The van der Waals surface area contributed by atoms with Crippen LogP contribution in [0, 0.1) is 5.82 Å². The second kappa shape index (κ2) is 9.19. The number of rotatable bonds is 5. The van der Waals surface area contributed by atoms with Gasteiger partial charge in [-0.25, -0.2) is 4.39 Å². The van der Waals surface area contributed by atoms with E-state index in [1.54, 1.807) is 12.1 Å². The van der Waals surface area contributed by atoms with Crippen LogP contribution in [0.4, 0.5) is 17.6 Å². The van der Waals surface area contributed by atoms with Crippen molar-refractivity contribution in [3.05, 3.63) is 71.0 Å². The standard InChI is InChI=1S/C24H26F4N2O2/c25-21-4-2-1-3-18(21)16-30-13-11-23(12-14-30)10-9-20(32-23)15-29-22(31)17-5-7-19(8-6-17)24(26,27)28/h1-8,20H,9-16H2,(H,29,31). The van der Waals surface area contributed by atoms with Gasteiger partial charge in [-0.1, -0.05) is 18.2 Å². The number of halogens is 4. The molecule has 2 heterocycles. The topological polar surface area (TPSA) is 41.6 Å². The quantitative estimate of drug-likeness (QED) is 0.667. The summed E-state index contributed by atoms with van der Waals surface area (Å²) in [6.07, 6.45) is -1.12. The van der Waals surface area contributed by atoms with E-state index >= 15 is 0 Å². The van der Waals surface area contributed by atoms with Crippen LogP contribution in [0.3, 0.4) is 0 Å². The third kappa shape index (κ3) is 5.30. The first kappa shape index (κ1) is 22.7. The maximum Gasteiger partial charge on any atom is 0.416 e. The fourth-order valence-electron chi connectivity index (χ4n) is 4.51. The minimum Gasteiger partial charge on any atom is -0.370 e. The summed E-state index contributed by atoms with van der Waals surface area (Å²) in [4.78, 5) is 14.5. The molecule has 2 aromatic rings. The molecule has 2 aliphatic rings. The van der Waals surface area contributed by atoms with Gasteiger partial charge in [0, 0.05) is 37.3 Å². The van der Waals surface area contributed by atoms with Crippen molar-refractivity contribution in [3.63, 3.8) is 0 Å². The molecule has 1 unspecified atom stereocenters. The average Bonchev–Trinajstić information content (AvgIpc) is 3.17. The molecule has 32 heavy (non-hydrogen) atoms. The molecular formula is C24H26F4N2O2. The van der Waals surface area contributed by atoms with Crippen LogP contribution in [0.1, 0.15) is 47.2 Å². The van der Waals surface area contributed by atoms with Gasteiger partial charge >= 0.3 is 6.18 Å². The van der Waals surface area contributed by atoms with E-state index in [9.17, 15) is 22.4 Å². The molecule has 8 heteroatoms. The van der Waals surface area contributed by atoms with Gasteiger partial charge in [-0.05, 0) is 56.0 Å². The molecule has 0 bridgehead atoms. The Bertz CT molecular complexity index is 938. The van der Waals surface area contributed by atoms with E-state index in [4.69, 9.17) is 4.74 Å². The number of carbonyl (C=O) groups is 1. The van der Waals surface area contributed by atoms with Crippen LogP contribution in [0.2, 0.25) is 0 Å². The summed E-state index contributed by atoms with van der Waals surface area (Å²) in [5.74, 6) is -0.600. The molecule has 0 radical (unpaired) electrons.